The lowest BCUT2D eigenvalue weighted by molar-refractivity contribution is -0.759. The predicted molar refractivity (Wildman–Crippen MR) is 66.6 cm³/mol. The summed E-state index contributed by atoms with van der Waals surface area (Å²) in [6.45, 7) is -0.955. The first-order valence-electron chi connectivity index (χ1n) is 6.12. The zero-order valence-electron chi connectivity index (χ0n) is 11.1. The van der Waals surface area contributed by atoms with Crippen molar-refractivity contribution in [2.45, 2.75) is 24.7 Å². The Balaban J connectivity index is 2.13. The van der Waals surface area contributed by atoms with Gasteiger partial charge in [0.25, 0.3) is 18.1 Å². The van der Waals surface area contributed by atoms with Gasteiger partial charge in [0, 0.05) is 6.07 Å². The number of pyridine rings is 1. The number of phosphoric acid groups is 1. The molecule has 1 aliphatic rings. The fraction of sp³-hybridized carbons (Fsp3) is 0.455. The number of ether oxygens (including phenoxy) is 1. The van der Waals surface area contributed by atoms with Gasteiger partial charge in [0.05, 0.1) is 6.61 Å². The highest BCUT2D eigenvalue weighted by Crippen LogP contribution is 2.42. The van der Waals surface area contributed by atoms with Crippen LogP contribution in [-0.2, 0) is 13.8 Å². The molecule has 1 aromatic heterocycles. The fourth-order valence-corrected chi connectivity index (χ4v) is 2.35. The highest BCUT2D eigenvalue weighted by molar-refractivity contribution is 7.46. The Labute approximate surface area is 123 Å². The summed E-state index contributed by atoms with van der Waals surface area (Å²) in [5.74, 6) is -4.06. The van der Waals surface area contributed by atoms with Crippen molar-refractivity contribution in [3.63, 3.8) is 0 Å². The Morgan fingerprint density at radius 2 is 2.27 bits per heavy atom. The number of alkyl halides is 2. The summed E-state index contributed by atoms with van der Waals surface area (Å²) in [6, 6.07) is 2.86. The molecule has 8 nitrogen and oxygen atoms in total. The molecule has 0 radical (unpaired) electrons. The summed E-state index contributed by atoms with van der Waals surface area (Å²) < 4.78 is 48.6. The molecule has 2 heterocycles. The number of hydrogen-bond acceptors (Lipinski definition) is 4. The second-order valence-electron chi connectivity index (χ2n) is 4.73. The van der Waals surface area contributed by atoms with Gasteiger partial charge in [0.15, 0.2) is 18.5 Å². The number of phosphoric ester groups is 1. The van der Waals surface area contributed by atoms with E-state index in [1.807, 2.05) is 0 Å². The third kappa shape index (κ3) is 4.05. The van der Waals surface area contributed by atoms with Crippen LogP contribution in [0.1, 0.15) is 23.0 Å². The van der Waals surface area contributed by atoms with Gasteiger partial charge in [0.1, 0.15) is 12.0 Å². The van der Waals surface area contributed by atoms with Crippen molar-refractivity contribution in [1.82, 2.24) is 0 Å². The maximum Gasteiger partial charge on any atom is 0.469 e. The van der Waals surface area contributed by atoms with Crippen LogP contribution in [0.5, 0.6) is 0 Å². The van der Waals surface area contributed by atoms with E-state index in [0.717, 1.165) is 0 Å². The highest BCUT2D eigenvalue weighted by Gasteiger charge is 2.54. The lowest BCUT2D eigenvalue weighted by atomic mass is 10.1. The fourth-order valence-electron chi connectivity index (χ4n) is 2.02. The number of rotatable bonds is 5. The number of halogens is 2. The number of hydrogen-bond donors (Lipinski definition) is 3. The summed E-state index contributed by atoms with van der Waals surface area (Å²) >= 11 is 0. The molecule has 0 aliphatic carbocycles. The van der Waals surface area contributed by atoms with E-state index in [4.69, 9.17) is 20.3 Å². The van der Waals surface area contributed by atoms with Crippen molar-refractivity contribution >= 4 is 13.7 Å². The van der Waals surface area contributed by atoms with Crippen LogP contribution >= 0.6 is 7.82 Å². The average Bonchev–Trinajstić information content (AvgIpc) is 2.71. The minimum absolute atomic E-state index is 0.115. The SMILES string of the molecule is NC(=O)c1ccc[n+]([C@H]2CC(F)(F)[C@@H](COP(=O)(O)O)O2)c1. The molecule has 2 atom stereocenters. The molecular weight excluding hydrogens is 325 g/mol. The molecule has 1 aliphatic heterocycles. The van der Waals surface area contributed by atoms with E-state index >= 15 is 0 Å². The van der Waals surface area contributed by atoms with Crippen LogP contribution in [0, 0.1) is 0 Å². The van der Waals surface area contributed by atoms with Gasteiger partial charge in [-0.2, -0.15) is 4.57 Å². The minimum atomic E-state index is -4.87. The van der Waals surface area contributed by atoms with Gasteiger partial charge < -0.3 is 20.3 Å². The van der Waals surface area contributed by atoms with Crippen LogP contribution in [0.3, 0.4) is 0 Å². The average molecular weight is 339 g/mol. The zero-order valence-corrected chi connectivity index (χ0v) is 12.0. The van der Waals surface area contributed by atoms with E-state index in [-0.39, 0.29) is 5.56 Å². The highest BCUT2D eigenvalue weighted by atomic mass is 31.2. The van der Waals surface area contributed by atoms with Gasteiger partial charge in [-0.1, -0.05) is 0 Å². The Kier molecular flexibility index (Phi) is 4.59. The van der Waals surface area contributed by atoms with Crippen LogP contribution < -0.4 is 10.3 Å². The molecule has 1 aromatic rings. The summed E-state index contributed by atoms with van der Waals surface area (Å²) in [5, 5.41) is 0. The third-order valence-electron chi connectivity index (χ3n) is 3.07. The van der Waals surface area contributed by atoms with Crippen molar-refractivity contribution in [2.75, 3.05) is 6.61 Å². The summed E-state index contributed by atoms with van der Waals surface area (Å²) in [5.41, 5.74) is 5.22. The molecule has 11 heteroatoms. The molecule has 22 heavy (non-hydrogen) atoms. The third-order valence-corrected chi connectivity index (χ3v) is 3.56. The molecule has 0 bridgehead atoms. The molecule has 0 saturated carbocycles. The van der Waals surface area contributed by atoms with Crippen molar-refractivity contribution in [1.29, 1.82) is 0 Å². The topological polar surface area (TPSA) is 123 Å². The lowest BCUT2D eigenvalue weighted by Crippen LogP contribution is -2.40. The van der Waals surface area contributed by atoms with E-state index in [1.54, 1.807) is 0 Å². The monoisotopic (exact) mass is 339 g/mol. The number of primary amides is 1. The molecular formula is C11H14F2N2O6P+. The second kappa shape index (κ2) is 5.98. The first-order valence-corrected chi connectivity index (χ1v) is 7.65. The number of nitrogens with zero attached hydrogens (tertiary/aromatic N) is 1. The molecule has 4 N–H and O–H groups in total. The van der Waals surface area contributed by atoms with Crippen molar-refractivity contribution in [2.24, 2.45) is 5.73 Å². The Hall–Kier alpha value is -1.45. The number of aromatic nitrogens is 1. The molecule has 0 unspecified atom stereocenters. The Morgan fingerprint density at radius 3 is 2.86 bits per heavy atom. The van der Waals surface area contributed by atoms with Crippen LogP contribution in [0.15, 0.2) is 24.5 Å². The van der Waals surface area contributed by atoms with Crippen molar-refractivity contribution in [3.05, 3.63) is 30.1 Å². The molecule has 2 rings (SSSR count). The maximum atomic E-state index is 13.8. The van der Waals surface area contributed by atoms with E-state index < -0.39 is 45.0 Å². The van der Waals surface area contributed by atoms with E-state index in [0.29, 0.717) is 0 Å². The summed E-state index contributed by atoms with van der Waals surface area (Å²) in [7, 11) is -4.87. The molecule has 1 saturated heterocycles. The van der Waals surface area contributed by atoms with Gasteiger partial charge >= 0.3 is 7.82 Å². The van der Waals surface area contributed by atoms with E-state index in [2.05, 4.69) is 4.52 Å². The van der Waals surface area contributed by atoms with Gasteiger partial charge in [-0.15, -0.1) is 0 Å². The van der Waals surface area contributed by atoms with E-state index in [9.17, 15) is 18.1 Å². The largest absolute Gasteiger partial charge is 0.469 e. The van der Waals surface area contributed by atoms with Crippen LogP contribution in [0.25, 0.3) is 0 Å². The smallest absolute Gasteiger partial charge is 0.365 e. The second-order valence-corrected chi connectivity index (χ2v) is 5.97. The van der Waals surface area contributed by atoms with Crippen molar-refractivity contribution < 1.29 is 41.8 Å². The number of carbonyl (C=O) groups is 1. The van der Waals surface area contributed by atoms with Gasteiger partial charge in [-0.05, 0) is 6.07 Å². The Morgan fingerprint density at radius 1 is 1.59 bits per heavy atom. The zero-order chi connectivity index (χ0) is 16.5. The van der Waals surface area contributed by atoms with Gasteiger partial charge in [0.2, 0.25) is 0 Å². The van der Waals surface area contributed by atoms with Crippen LogP contribution in [0.4, 0.5) is 8.78 Å². The summed E-state index contributed by atoms with van der Waals surface area (Å²) in [4.78, 5) is 28.2. The summed E-state index contributed by atoms with van der Waals surface area (Å²) in [6.07, 6.45) is -0.974. The first kappa shape index (κ1) is 16.9. The maximum absolute atomic E-state index is 13.8. The van der Waals surface area contributed by atoms with Crippen LogP contribution in [0.2, 0.25) is 0 Å². The number of carbonyl (C=O) groups excluding carboxylic acids is 1. The molecule has 0 spiro atoms. The van der Waals surface area contributed by atoms with Crippen molar-refractivity contribution in [3.8, 4) is 0 Å². The van der Waals surface area contributed by atoms with Crippen LogP contribution in [-0.4, -0.2) is 34.3 Å². The lowest BCUT2D eigenvalue weighted by Gasteiger charge is -2.16. The predicted octanol–water partition coefficient (Wildman–Crippen LogP) is 0.105. The number of nitrogens with two attached hydrogens (primary N) is 1. The first-order chi connectivity index (χ1) is 10.1. The molecule has 0 aromatic carbocycles. The standard InChI is InChI=1S/C11H13F2N2O6P/c12-11(13)4-9(21-8(11)6-20-22(17,18)19)15-3-1-2-7(5-15)10(14)16/h1-3,5,8-9H,4,6H2,(H3-,14,16,17,18,19)/p+1/t8-,9-/m1/s1. The molecule has 122 valence electrons. The molecule has 1 amide bonds. The van der Waals surface area contributed by atoms with Gasteiger partial charge in [-0.3, -0.25) is 9.32 Å². The van der Waals surface area contributed by atoms with Gasteiger partial charge in [-0.25, -0.2) is 13.3 Å². The quantitative estimate of drug-likeness (QED) is 0.517. The normalized spacial score (nSPS) is 24.4. The minimum Gasteiger partial charge on any atom is -0.365 e. The Bertz CT molecular complexity index is 622. The number of amides is 1. The van der Waals surface area contributed by atoms with E-state index in [1.165, 1.54) is 29.1 Å². The molecule has 1 fully saturated rings.